The Labute approximate surface area is 134 Å². The molecule has 0 atom stereocenters. The van der Waals surface area contributed by atoms with Crippen molar-refractivity contribution in [2.24, 2.45) is 0 Å². The van der Waals surface area contributed by atoms with E-state index in [4.69, 9.17) is 4.74 Å². The number of ether oxygens (including phenoxy) is 1. The number of rotatable bonds is 6. The van der Waals surface area contributed by atoms with Crippen molar-refractivity contribution in [1.29, 1.82) is 0 Å². The van der Waals surface area contributed by atoms with Gasteiger partial charge in [-0.15, -0.1) is 0 Å². The summed E-state index contributed by atoms with van der Waals surface area (Å²) < 4.78 is 41.0. The molecule has 23 heavy (non-hydrogen) atoms. The van der Waals surface area contributed by atoms with Gasteiger partial charge < -0.3 is 10.1 Å². The maximum Gasteiger partial charge on any atom is 0.227 e. The minimum absolute atomic E-state index is 0.0838. The van der Waals surface area contributed by atoms with E-state index in [0.717, 1.165) is 6.26 Å². The van der Waals surface area contributed by atoms with E-state index >= 15 is 0 Å². The minimum Gasteiger partial charge on any atom is -0.493 e. The van der Waals surface area contributed by atoms with Gasteiger partial charge in [0.1, 0.15) is 11.6 Å². The molecule has 0 heterocycles. The molecule has 0 saturated heterocycles. The van der Waals surface area contributed by atoms with Gasteiger partial charge in [0.05, 0.1) is 17.9 Å². The van der Waals surface area contributed by atoms with Crippen LogP contribution in [0, 0.1) is 5.82 Å². The quantitative estimate of drug-likeness (QED) is 0.879. The Morgan fingerprint density at radius 2 is 1.87 bits per heavy atom. The van der Waals surface area contributed by atoms with E-state index in [-0.39, 0.29) is 29.6 Å². The molecule has 7 heteroatoms. The highest BCUT2D eigenvalue weighted by Crippen LogP contribution is 2.16. The highest BCUT2D eigenvalue weighted by atomic mass is 32.2. The number of amides is 1. The van der Waals surface area contributed by atoms with Gasteiger partial charge in [0.2, 0.25) is 5.91 Å². The van der Waals surface area contributed by atoms with Crippen LogP contribution in [0.25, 0.3) is 0 Å². The van der Waals surface area contributed by atoms with E-state index in [9.17, 15) is 17.6 Å². The third-order valence-corrected chi connectivity index (χ3v) is 4.07. The molecule has 0 aliphatic carbocycles. The van der Waals surface area contributed by atoms with Crippen molar-refractivity contribution in [3.05, 3.63) is 54.3 Å². The van der Waals surface area contributed by atoms with Crippen LogP contribution in [0.15, 0.2) is 53.4 Å². The standard InChI is InChI=1S/C16H16FNO4S/c1-23(20,21)15-4-2-3-13(11-15)18-16(19)9-10-22-14-7-5-12(17)6-8-14/h2-8,11H,9-10H2,1H3,(H,18,19). The molecule has 2 rings (SSSR count). The van der Waals surface area contributed by atoms with Gasteiger partial charge in [0.25, 0.3) is 0 Å². The lowest BCUT2D eigenvalue weighted by atomic mass is 10.3. The number of nitrogens with one attached hydrogen (secondary N) is 1. The zero-order valence-electron chi connectivity index (χ0n) is 12.5. The van der Waals surface area contributed by atoms with Crippen LogP contribution in [-0.2, 0) is 14.6 Å². The Morgan fingerprint density at radius 3 is 2.52 bits per heavy atom. The molecular weight excluding hydrogens is 321 g/mol. The second kappa shape index (κ2) is 7.23. The molecule has 122 valence electrons. The molecule has 0 aromatic heterocycles. The van der Waals surface area contributed by atoms with Crippen molar-refractivity contribution in [1.82, 2.24) is 0 Å². The van der Waals surface area contributed by atoms with E-state index in [2.05, 4.69) is 5.32 Å². The van der Waals surface area contributed by atoms with Gasteiger partial charge >= 0.3 is 0 Å². The Kier molecular flexibility index (Phi) is 5.33. The van der Waals surface area contributed by atoms with Crippen LogP contribution in [0.1, 0.15) is 6.42 Å². The molecule has 2 aromatic carbocycles. The molecule has 0 bridgehead atoms. The van der Waals surface area contributed by atoms with Gasteiger partial charge in [0, 0.05) is 11.9 Å². The summed E-state index contributed by atoms with van der Waals surface area (Å²) in [7, 11) is -3.32. The number of hydrogen-bond acceptors (Lipinski definition) is 4. The van der Waals surface area contributed by atoms with E-state index in [0.29, 0.717) is 11.4 Å². The Morgan fingerprint density at radius 1 is 1.17 bits per heavy atom. The summed E-state index contributed by atoms with van der Waals surface area (Å²) in [5, 5.41) is 2.61. The van der Waals surface area contributed by atoms with Crippen molar-refractivity contribution in [3.63, 3.8) is 0 Å². The monoisotopic (exact) mass is 337 g/mol. The summed E-state index contributed by atoms with van der Waals surface area (Å²) in [4.78, 5) is 12.0. The average Bonchev–Trinajstić information content (AvgIpc) is 2.49. The topological polar surface area (TPSA) is 72.5 Å². The number of halogens is 1. The van der Waals surface area contributed by atoms with Crippen molar-refractivity contribution < 1.29 is 22.3 Å². The van der Waals surface area contributed by atoms with Crippen molar-refractivity contribution in [2.75, 3.05) is 18.2 Å². The van der Waals surface area contributed by atoms with Gasteiger partial charge in [-0.25, -0.2) is 12.8 Å². The zero-order chi connectivity index (χ0) is 16.9. The summed E-state index contributed by atoms with van der Waals surface area (Å²) >= 11 is 0. The van der Waals surface area contributed by atoms with E-state index in [1.54, 1.807) is 12.1 Å². The molecule has 2 aromatic rings. The average molecular weight is 337 g/mol. The first-order valence-electron chi connectivity index (χ1n) is 6.83. The molecule has 0 radical (unpaired) electrons. The van der Waals surface area contributed by atoms with Crippen molar-refractivity contribution in [3.8, 4) is 5.75 Å². The highest BCUT2D eigenvalue weighted by Gasteiger charge is 2.09. The molecule has 1 N–H and O–H groups in total. The van der Waals surface area contributed by atoms with E-state index in [1.165, 1.54) is 36.4 Å². The number of carbonyl (C=O) groups excluding carboxylic acids is 1. The molecule has 0 saturated carbocycles. The zero-order valence-corrected chi connectivity index (χ0v) is 13.3. The van der Waals surface area contributed by atoms with Crippen LogP contribution >= 0.6 is 0 Å². The molecule has 1 amide bonds. The number of benzene rings is 2. The fourth-order valence-electron chi connectivity index (χ4n) is 1.82. The minimum atomic E-state index is -3.32. The van der Waals surface area contributed by atoms with Crippen LogP contribution in [0.5, 0.6) is 5.75 Å². The van der Waals surface area contributed by atoms with Gasteiger partial charge in [0.15, 0.2) is 9.84 Å². The second-order valence-corrected chi connectivity index (χ2v) is 6.92. The van der Waals surface area contributed by atoms with Gasteiger partial charge in [-0.1, -0.05) is 6.07 Å². The molecular formula is C16H16FNO4S. The summed E-state index contributed by atoms with van der Waals surface area (Å²) in [6, 6.07) is 11.5. The molecule has 0 aliphatic heterocycles. The van der Waals surface area contributed by atoms with E-state index in [1.807, 2.05) is 0 Å². The first-order valence-corrected chi connectivity index (χ1v) is 8.72. The van der Waals surface area contributed by atoms with Crippen LogP contribution in [-0.4, -0.2) is 27.2 Å². The molecule has 0 spiro atoms. The van der Waals surface area contributed by atoms with Gasteiger partial charge in [-0.3, -0.25) is 4.79 Å². The number of anilines is 1. The molecule has 0 unspecified atom stereocenters. The lowest BCUT2D eigenvalue weighted by molar-refractivity contribution is -0.116. The molecule has 5 nitrogen and oxygen atoms in total. The van der Waals surface area contributed by atoms with Crippen molar-refractivity contribution >= 4 is 21.4 Å². The maximum atomic E-state index is 12.7. The normalized spacial score (nSPS) is 11.0. The maximum absolute atomic E-state index is 12.7. The Hall–Kier alpha value is -2.41. The Bertz CT molecular complexity index is 788. The summed E-state index contributed by atoms with van der Waals surface area (Å²) in [6.07, 6.45) is 1.19. The molecule has 0 aliphatic rings. The van der Waals surface area contributed by atoms with Gasteiger partial charge in [-0.2, -0.15) is 0 Å². The summed E-state index contributed by atoms with van der Waals surface area (Å²) in [5.41, 5.74) is 0.403. The van der Waals surface area contributed by atoms with Crippen LogP contribution < -0.4 is 10.1 Å². The fourth-order valence-corrected chi connectivity index (χ4v) is 2.49. The lowest BCUT2D eigenvalue weighted by Crippen LogP contribution is -2.15. The van der Waals surface area contributed by atoms with E-state index < -0.39 is 9.84 Å². The van der Waals surface area contributed by atoms with Crippen LogP contribution in [0.2, 0.25) is 0 Å². The predicted octanol–water partition coefficient (Wildman–Crippen LogP) is 2.64. The van der Waals surface area contributed by atoms with Crippen LogP contribution in [0.3, 0.4) is 0 Å². The number of hydrogen-bond donors (Lipinski definition) is 1. The Balaban J connectivity index is 1.86. The first kappa shape index (κ1) is 17.0. The van der Waals surface area contributed by atoms with Crippen molar-refractivity contribution in [2.45, 2.75) is 11.3 Å². The number of carbonyl (C=O) groups is 1. The largest absolute Gasteiger partial charge is 0.493 e. The predicted molar refractivity (Wildman–Crippen MR) is 84.7 cm³/mol. The van der Waals surface area contributed by atoms with Gasteiger partial charge in [-0.05, 0) is 42.5 Å². The first-order chi connectivity index (χ1) is 10.8. The van der Waals surface area contributed by atoms with Crippen LogP contribution in [0.4, 0.5) is 10.1 Å². The smallest absolute Gasteiger partial charge is 0.227 e. The third kappa shape index (κ3) is 5.37. The fraction of sp³-hybridized carbons (Fsp3) is 0.188. The second-order valence-electron chi connectivity index (χ2n) is 4.90. The summed E-state index contributed by atoms with van der Waals surface area (Å²) in [5.74, 6) is -0.197. The summed E-state index contributed by atoms with van der Waals surface area (Å²) in [6.45, 7) is 0.128. The molecule has 0 fully saturated rings. The number of sulfone groups is 1. The lowest BCUT2D eigenvalue weighted by Gasteiger charge is -2.08. The SMILES string of the molecule is CS(=O)(=O)c1cccc(NC(=O)CCOc2ccc(F)cc2)c1. The third-order valence-electron chi connectivity index (χ3n) is 2.96. The highest BCUT2D eigenvalue weighted by molar-refractivity contribution is 7.90.